The van der Waals surface area contributed by atoms with Crippen molar-refractivity contribution >= 4 is 21.5 Å². The highest BCUT2D eigenvalue weighted by Gasteiger charge is 2.38. The highest BCUT2D eigenvalue weighted by atomic mass is 16.3. The molecule has 3 aromatic rings. The molecule has 6 heteroatoms. The van der Waals surface area contributed by atoms with Gasteiger partial charge in [0.05, 0.1) is 21.5 Å². The van der Waals surface area contributed by atoms with E-state index >= 15 is 0 Å². The van der Waals surface area contributed by atoms with Gasteiger partial charge in [-0.15, -0.1) is 0 Å². The fraction of sp³-hybridized carbons (Fsp3) is 0.263. The summed E-state index contributed by atoms with van der Waals surface area (Å²) in [5.74, 6) is -0.107. The molecule has 1 spiro atoms. The quantitative estimate of drug-likeness (QED) is 0.428. The second kappa shape index (κ2) is 4.61. The van der Waals surface area contributed by atoms with Crippen LogP contribution < -0.4 is 10.7 Å². The minimum Gasteiger partial charge on any atom is -0.507 e. The predicted octanol–water partition coefficient (Wildman–Crippen LogP) is 1.39. The van der Waals surface area contributed by atoms with Crippen LogP contribution in [0.5, 0.6) is 17.2 Å². The van der Waals surface area contributed by atoms with Gasteiger partial charge in [-0.05, 0) is 25.2 Å². The van der Waals surface area contributed by atoms with Gasteiger partial charge in [-0.3, -0.25) is 9.98 Å². The molecule has 1 atom stereocenters. The van der Waals surface area contributed by atoms with E-state index in [9.17, 15) is 15.3 Å². The number of likely N-dealkylation sites (N-methyl/N-ethyl adjacent to an activating group) is 1. The van der Waals surface area contributed by atoms with Crippen LogP contribution in [-0.4, -0.2) is 46.0 Å². The fourth-order valence-electron chi connectivity index (χ4n) is 4.08. The van der Waals surface area contributed by atoms with Crippen molar-refractivity contribution in [1.82, 2.24) is 4.90 Å². The first-order chi connectivity index (χ1) is 12.0. The van der Waals surface area contributed by atoms with Gasteiger partial charge in [0.15, 0.2) is 5.66 Å². The van der Waals surface area contributed by atoms with Gasteiger partial charge in [0.1, 0.15) is 17.2 Å². The van der Waals surface area contributed by atoms with Crippen LogP contribution in [-0.2, 0) is 0 Å². The van der Waals surface area contributed by atoms with Gasteiger partial charge < -0.3 is 20.2 Å². The minimum atomic E-state index is -0.499. The highest BCUT2D eigenvalue weighted by molar-refractivity contribution is 6.12. The molecule has 0 aliphatic carbocycles. The lowest BCUT2D eigenvalue weighted by molar-refractivity contribution is 0.375. The summed E-state index contributed by atoms with van der Waals surface area (Å²) < 4.78 is 0. The molecule has 0 bridgehead atoms. The Morgan fingerprint density at radius 1 is 0.960 bits per heavy atom. The van der Waals surface area contributed by atoms with E-state index in [0.717, 1.165) is 24.9 Å². The first-order valence-corrected chi connectivity index (χ1v) is 8.26. The maximum Gasteiger partial charge on any atom is 0.165 e. The van der Waals surface area contributed by atoms with Crippen molar-refractivity contribution in [3.05, 3.63) is 41.0 Å². The number of benzene rings is 3. The number of nitrogens with zero attached hydrogens (tertiary/aromatic N) is 3. The van der Waals surface area contributed by atoms with Crippen molar-refractivity contribution in [1.29, 1.82) is 0 Å². The zero-order valence-electron chi connectivity index (χ0n) is 13.7. The van der Waals surface area contributed by atoms with Crippen LogP contribution in [0.1, 0.15) is 6.42 Å². The number of hydrogen-bond acceptors (Lipinski definition) is 6. The third-order valence-corrected chi connectivity index (χ3v) is 5.25. The molecule has 0 saturated carbocycles. The standard InChI is InChI=1S/C19H17N3O3/c1-22-8-7-19(9-22)20-12-6-5-11-15(16(12)21-19)18(25)10-3-2-4-13(23)14(10)17(11)24/h2-6,23-25H,7-9H2,1H3. The van der Waals surface area contributed by atoms with Crippen LogP contribution >= 0.6 is 0 Å². The lowest BCUT2D eigenvalue weighted by Gasteiger charge is -2.15. The topological polar surface area (TPSA) is 88.7 Å². The van der Waals surface area contributed by atoms with Crippen molar-refractivity contribution in [2.45, 2.75) is 12.1 Å². The third-order valence-electron chi connectivity index (χ3n) is 5.25. The molecule has 0 amide bonds. The van der Waals surface area contributed by atoms with E-state index in [1.165, 1.54) is 6.07 Å². The lowest BCUT2D eigenvalue weighted by atomic mass is 9.99. The summed E-state index contributed by atoms with van der Waals surface area (Å²) >= 11 is 0. The molecular weight excluding hydrogens is 318 g/mol. The Hall–Kier alpha value is -2.86. The average molecular weight is 335 g/mol. The molecule has 3 aromatic carbocycles. The Bertz CT molecular complexity index is 1190. The molecule has 6 nitrogen and oxygen atoms in total. The van der Waals surface area contributed by atoms with Crippen LogP contribution in [0.3, 0.4) is 0 Å². The third kappa shape index (κ3) is 1.83. The second-order valence-electron chi connectivity index (χ2n) is 6.95. The van der Waals surface area contributed by atoms with E-state index in [0.29, 0.717) is 21.5 Å². The summed E-state index contributed by atoms with van der Waals surface area (Å²) in [5.41, 5.74) is -0.499. The zero-order valence-corrected chi connectivity index (χ0v) is 13.7. The molecule has 1 saturated heterocycles. The van der Waals surface area contributed by atoms with Gasteiger partial charge in [-0.2, -0.15) is 0 Å². The van der Waals surface area contributed by atoms with Crippen LogP contribution in [0.2, 0.25) is 0 Å². The van der Waals surface area contributed by atoms with E-state index in [-0.39, 0.29) is 22.6 Å². The number of phenols is 3. The molecule has 2 aliphatic rings. The maximum absolute atomic E-state index is 10.9. The molecule has 1 fully saturated rings. The Morgan fingerprint density at radius 3 is 2.48 bits per heavy atom. The Balaban J connectivity index is 1.95. The van der Waals surface area contributed by atoms with E-state index in [4.69, 9.17) is 9.98 Å². The molecule has 126 valence electrons. The van der Waals surface area contributed by atoms with Crippen molar-refractivity contribution in [3.63, 3.8) is 0 Å². The van der Waals surface area contributed by atoms with Gasteiger partial charge in [-0.1, -0.05) is 12.1 Å². The Labute approximate surface area is 143 Å². The van der Waals surface area contributed by atoms with E-state index in [1.54, 1.807) is 18.2 Å². The summed E-state index contributed by atoms with van der Waals surface area (Å²) in [4.78, 5) is 11.8. The normalized spacial score (nSPS) is 22.4. The largest absolute Gasteiger partial charge is 0.507 e. The van der Waals surface area contributed by atoms with Crippen LogP contribution in [0.4, 0.5) is 0 Å². The average Bonchev–Trinajstić information content (AvgIpc) is 3.13. The molecular formula is C19H17N3O3. The fourth-order valence-corrected chi connectivity index (χ4v) is 4.08. The van der Waals surface area contributed by atoms with E-state index in [2.05, 4.69) is 4.90 Å². The van der Waals surface area contributed by atoms with Gasteiger partial charge in [0, 0.05) is 30.3 Å². The highest BCUT2D eigenvalue weighted by Crippen LogP contribution is 2.43. The molecule has 2 aliphatic heterocycles. The summed E-state index contributed by atoms with van der Waals surface area (Å²) in [5, 5.41) is 34.6. The lowest BCUT2D eigenvalue weighted by Crippen LogP contribution is -2.27. The summed E-state index contributed by atoms with van der Waals surface area (Å²) in [6, 6.07) is 8.35. The number of phenolic OH excluding ortho intramolecular Hbond substituents is 3. The molecule has 5 rings (SSSR count). The number of hydrogen-bond donors (Lipinski definition) is 3. The minimum absolute atomic E-state index is 0.0119. The first-order valence-electron chi connectivity index (χ1n) is 8.26. The number of aromatic hydroxyl groups is 3. The van der Waals surface area contributed by atoms with Crippen LogP contribution in [0.15, 0.2) is 40.3 Å². The molecule has 0 radical (unpaired) electrons. The SMILES string of the molecule is CN1CCC2(C1)N=c1ccc3c(O)c4c(O)cccc4c(O)c3c1=N2. The monoisotopic (exact) mass is 335 g/mol. The number of fused-ring (bicyclic) bond motifs is 4. The van der Waals surface area contributed by atoms with Crippen molar-refractivity contribution in [3.8, 4) is 17.2 Å². The van der Waals surface area contributed by atoms with Gasteiger partial charge >= 0.3 is 0 Å². The molecule has 1 unspecified atom stereocenters. The van der Waals surface area contributed by atoms with Gasteiger partial charge in [0.25, 0.3) is 0 Å². The smallest absolute Gasteiger partial charge is 0.165 e. The molecule has 0 aromatic heterocycles. The van der Waals surface area contributed by atoms with Crippen LogP contribution in [0, 0.1) is 0 Å². The maximum atomic E-state index is 10.9. The molecule has 3 N–H and O–H groups in total. The summed E-state index contributed by atoms with van der Waals surface area (Å²) in [6.07, 6.45) is 0.834. The predicted molar refractivity (Wildman–Crippen MR) is 93.6 cm³/mol. The van der Waals surface area contributed by atoms with Crippen molar-refractivity contribution in [2.24, 2.45) is 9.98 Å². The number of likely N-dealkylation sites (tertiary alicyclic amines) is 1. The molecule has 2 heterocycles. The van der Waals surface area contributed by atoms with Gasteiger partial charge in [-0.25, -0.2) is 0 Å². The van der Waals surface area contributed by atoms with Crippen molar-refractivity contribution in [2.75, 3.05) is 20.1 Å². The Kier molecular flexibility index (Phi) is 2.67. The van der Waals surface area contributed by atoms with Crippen LogP contribution in [0.25, 0.3) is 21.5 Å². The summed E-state index contributed by atoms with van der Waals surface area (Å²) in [6.45, 7) is 1.66. The van der Waals surface area contributed by atoms with Crippen molar-refractivity contribution < 1.29 is 15.3 Å². The van der Waals surface area contributed by atoms with E-state index < -0.39 is 5.66 Å². The second-order valence-corrected chi connectivity index (χ2v) is 6.95. The number of rotatable bonds is 0. The Morgan fingerprint density at radius 2 is 1.72 bits per heavy atom. The first kappa shape index (κ1) is 14.5. The zero-order chi connectivity index (χ0) is 17.3. The molecule has 25 heavy (non-hydrogen) atoms. The van der Waals surface area contributed by atoms with Gasteiger partial charge in [0.2, 0.25) is 0 Å². The van der Waals surface area contributed by atoms with E-state index in [1.807, 2.05) is 13.1 Å². The summed E-state index contributed by atoms with van der Waals surface area (Å²) in [7, 11) is 2.04.